The van der Waals surface area contributed by atoms with Gasteiger partial charge in [-0.1, -0.05) is 12.1 Å². The van der Waals surface area contributed by atoms with Gasteiger partial charge in [-0.05, 0) is 49.2 Å². The van der Waals surface area contributed by atoms with Crippen molar-refractivity contribution in [2.24, 2.45) is 4.99 Å². The maximum absolute atomic E-state index is 12.9. The Hall–Kier alpha value is -2.56. The Morgan fingerprint density at radius 3 is 2.77 bits per heavy atom. The van der Waals surface area contributed by atoms with Crippen molar-refractivity contribution >= 4 is 17.2 Å². The van der Waals surface area contributed by atoms with Gasteiger partial charge in [-0.3, -0.25) is 4.99 Å². The van der Waals surface area contributed by atoms with Gasteiger partial charge in [-0.25, -0.2) is 4.39 Å². The van der Waals surface area contributed by atoms with Gasteiger partial charge in [0.05, 0.1) is 5.69 Å². The van der Waals surface area contributed by atoms with Crippen LogP contribution in [0.15, 0.2) is 47.5 Å². The van der Waals surface area contributed by atoms with Crippen molar-refractivity contribution in [2.45, 2.75) is 19.4 Å². The normalized spacial score (nSPS) is 18.5. The molecular formula is C17H18FN3O. The first-order chi connectivity index (χ1) is 10.6. The maximum Gasteiger partial charge on any atom is 0.153 e. The lowest BCUT2D eigenvalue weighted by molar-refractivity contribution is 0.282. The van der Waals surface area contributed by atoms with Crippen LogP contribution in [0, 0.1) is 5.82 Å². The summed E-state index contributed by atoms with van der Waals surface area (Å²) >= 11 is 0. The Morgan fingerprint density at radius 2 is 2.00 bits per heavy atom. The summed E-state index contributed by atoms with van der Waals surface area (Å²) in [6.07, 6.45) is 0.617. The number of nitrogens with two attached hydrogens (primary N) is 1. The second-order valence-electron chi connectivity index (χ2n) is 5.28. The summed E-state index contributed by atoms with van der Waals surface area (Å²) < 4.78 is 18.7. The molecule has 2 aromatic carbocycles. The van der Waals surface area contributed by atoms with E-state index in [2.05, 4.69) is 10.3 Å². The average molecular weight is 299 g/mol. The van der Waals surface area contributed by atoms with E-state index in [1.165, 1.54) is 12.1 Å². The van der Waals surface area contributed by atoms with Crippen molar-refractivity contribution in [3.05, 3.63) is 53.8 Å². The number of nitrogens with zero attached hydrogens (tertiary/aromatic N) is 1. The van der Waals surface area contributed by atoms with Crippen LogP contribution in [0.25, 0.3) is 0 Å². The molecule has 4 nitrogen and oxygen atoms in total. The standard InChI is InChI=1S/C17H18FN3O/c1-11-17(20-9-8-12-2-4-13(18)5-3-12)21-15-10-14(19)6-7-16(15)22-11/h2-7,10-11H,8-9,19H2,1H3,(H,20,21). The van der Waals surface area contributed by atoms with Gasteiger partial charge in [0, 0.05) is 12.2 Å². The van der Waals surface area contributed by atoms with E-state index in [4.69, 9.17) is 10.5 Å². The summed E-state index contributed by atoms with van der Waals surface area (Å²) in [6.45, 7) is 2.56. The summed E-state index contributed by atoms with van der Waals surface area (Å²) in [5, 5.41) is 3.27. The first kappa shape index (κ1) is 14.4. The molecule has 1 aliphatic heterocycles. The molecule has 1 atom stereocenters. The molecule has 0 bridgehead atoms. The highest BCUT2D eigenvalue weighted by Gasteiger charge is 2.21. The first-order valence-electron chi connectivity index (χ1n) is 7.24. The molecule has 0 fully saturated rings. The first-order valence-corrected chi connectivity index (χ1v) is 7.24. The van der Waals surface area contributed by atoms with E-state index in [-0.39, 0.29) is 11.9 Å². The molecule has 0 aliphatic carbocycles. The molecule has 1 unspecified atom stereocenters. The summed E-state index contributed by atoms with van der Waals surface area (Å²) in [5.74, 6) is 1.33. The summed E-state index contributed by atoms with van der Waals surface area (Å²) in [4.78, 5) is 4.56. The Morgan fingerprint density at radius 1 is 1.23 bits per heavy atom. The van der Waals surface area contributed by atoms with Gasteiger partial charge in [0.2, 0.25) is 0 Å². The Labute approximate surface area is 128 Å². The van der Waals surface area contributed by atoms with Crippen LogP contribution in [0.5, 0.6) is 5.75 Å². The van der Waals surface area contributed by atoms with Crippen LogP contribution in [-0.4, -0.2) is 18.5 Å². The number of ether oxygens (including phenoxy) is 1. The van der Waals surface area contributed by atoms with E-state index in [0.717, 1.165) is 29.3 Å². The molecule has 114 valence electrons. The number of benzene rings is 2. The molecule has 0 amide bonds. The van der Waals surface area contributed by atoms with E-state index in [9.17, 15) is 4.39 Å². The lowest BCUT2D eigenvalue weighted by atomic mass is 10.1. The minimum atomic E-state index is -0.222. The minimum absolute atomic E-state index is 0.135. The molecule has 3 rings (SSSR count). The topological polar surface area (TPSA) is 59.6 Å². The highest BCUT2D eigenvalue weighted by molar-refractivity contribution is 6.02. The van der Waals surface area contributed by atoms with Crippen molar-refractivity contribution in [3.63, 3.8) is 0 Å². The highest BCUT2D eigenvalue weighted by atomic mass is 19.1. The third kappa shape index (κ3) is 3.19. The van der Waals surface area contributed by atoms with Gasteiger partial charge in [-0.2, -0.15) is 0 Å². The number of aliphatic imine (C=N–C) groups is 1. The molecule has 1 heterocycles. The van der Waals surface area contributed by atoms with Crippen LogP contribution in [0.2, 0.25) is 0 Å². The highest BCUT2D eigenvalue weighted by Crippen LogP contribution is 2.31. The molecule has 2 aromatic rings. The second-order valence-corrected chi connectivity index (χ2v) is 5.28. The summed E-state index contributed by atoms with van der Waals surface area (Å²) in [7, 11) is 0. The zero-order valence-electron chi connectivity index (χ0n) is 12.3. The van der Waals surface area contributed by atoms with Gasteiger partial charge < -0.3 is 15.8 Å². The number of rotatable bonds is 3. The van der Waals surface area contributed by atoms with E-state index in [1.807, 2.05) is 25.1 Å². The molecule has 3 N–H and O–H groups in total. The van der Waals surface area contributed by atoms with Crippen LogP contribution >= 0.6 is 0 Å². The quantitative estimate of drug-likeness (QED) is 0.855. The Kier molecular flexibility index (Phi) is 3.96. The van der Waals surface area contributed by atoms with Gasteiger partial charge in [0.25, 0.3) is 0 Å². The average Bonchev–Trinajstić information content (AvgIpc) is 2.50. The van der Waals surface area contributed by atoms with E-state index < -0.39 is 0 Å². The zero-order chi connectivity index (χ0) is 15.5. The lowest BCUT2D eigenvalue weighted by Crippen LogP contribution is -2.35. The number of nitrogen functional groups attached to an aromatic ring is 1. The predicted octanol–water partition coefficient (Wildman–Crippen LogP) is 3.24. The fraction of sp³-hybridized carbons (Fsp3) is 0.235. The van der Waals surface area contributed by atoms with Crippen LogP contribution < -0.4 is 15.8 Å². The maximum atomic E-state index is 12.9. The molecule has 0 radical (unpaired) electrons. The van der Waals surface area contributed by atoms with E-state index >= 15 is 0 Å². The number of hydrogen-bond acceptors (Lipinski definition) is 3. The van der Waals surface area contributed by atoms with Crippen molar-refractivity contribution < 1.29 is 9.13 Å². The third-order valence-electron chi connectivity index (χ3n) is 3.55. The fourth-order valence-corrected chi connectivity index (χ4v) is 2.36. The SMILES string of the molecule is CC1Oc2ccc(N)cc2NC1=NCCc1ccc(F)cc1. The Bertz CT molecular complexity index is 698. The van der Waals surface area contributed by atoms with Crippen molar-refractivity contribution in [3.8, 4) is 5.75 Å². The van der Waals surface area contributed by atoms with Gasteiger partial charge >= 0.3 is 0 Å². The van der Waals surface area contributed by atoms with Crippen LogP contribution in [0.1, 0.15) is 12.5 Å². The number of amidine groups is 1. The number of anilines is 2. The number of hydrogen-bond donors (Lipinski definition) is 2. The Balaban J connectivity index is 1.68. The summed E-state index contributed by atoms with van der Waals surface area (Å²) in [6, 6.07) is 12.0. The monoisotopic (exact) mass is 299 g/mol. The number of fused-ring (bicyclic) bond motifs is 1. The van der Waals surface area contributed by atoms with E-state index in [0.29, 0.717) is 12.2 Å². The number of nitrogens with one attached hydrogen (secondary N) is 1. The molecule has 0 spiro atoms. The molecule has 1 aliphatic rings. The molecule has 0 saturated carbocycles. The van der Waals surface area contributed by atoms with Crippen molar-refractivity contribution in [1.29, 1.82) is 0 Å². The van der Waals surface area contributed by atoms with Gasteiger partial charge in [-0.15, -0.1) is 0 Å². The van der Waals surface area contributed by atoms with Crippen LogP contribution in [-0.2, 0) is 6.42 Å². The number of halogens is 1. The largest absolute Gasteiger partial charge is 0.481 e. The second kappa shape index (κ2) is 6.05. The zero-order valence-corrected chi connectivity index (χ0v) is 12.3. The summed E-state index contributed by atoms with van der Waals surface area (Å²) in [5.41, 5.74) is 8.35. The van der Waals surface area contributed by atoms with Crippen LogP contribution in [0.4, 0.5) is 15.8 Å². The third-order valence-corrected chi connectivity index (χ3v) is 3.55. The molecule has 0 aromatic heterocycles. The van der Waals surface area contributed by atoms with Crippen molar-refractivity contribution in [1.82, 2.24) is 0 Å². The van der Waals surface area contributed by atoms with Gasteiger partial charge in [0.1, 0.15) is 17.4 Å². The molecule has 5 heteroatoms. The van der Waals surface area contributed by atoms with Crippen molar-refractivity contribution in [2.75, 3.05) is 17.6 Å². The van der Waals surface area contributed by atoms with E-state index in [1.54, 1.807) is 12.1 Å². The molecular weight excluding hydrogens is 281 g/mol. The van der Waals surface area contributed by atoms with Crippen LogP contribution in [0.3, 0.4) is 0 Å². The molecule has 22 heavy (non-hydrogen) atoms. The molecule has 0 saturated heterocycles. The predicted molar refractivity (Wildman–Crippen MR) is 87.0 cm³/mol. The minimum Gasteiger partial charge on any atom is -0.481 e. The lowest BCUT2D eigenvalue weighted by Gasteiger charge is -2.26. The smallest absolute Gasteiger partial charge is 0.153 e. The van der Waals surface area contributed by atoms with Gasteiger partial charge in [0.15, 0.2) is 6.10 Å². The fourth-order valence-electron chi connectivity index (χ4n) is 2.36.